The SMILES string of the molecule is C=C(C(=O)OCC)C(c1ccccc1)C(C)(C(=O)OCC)C(=O)OCC. The Bertz CT molecular complexity index is 632. The van der Waals surface area contributed by atoms with Crippen molar-refractivity contribution in [2.75, 3.05) is 19.8 Å². The van der Waals surface area contributed by atoms with Gasteiger partial charge in [0.1, 0.15) is 0 Å². The molecular formula is C20H26O6. The minimum absolute atomic E-state index is 0.0124. The Morgan fingerprint density at radius 1 is 0.923 bits per heavy atom. The zero-order valence-electron chi connectivity index (χ0n) is 15.7. The molecule has 6 heteroatoms. The number of hydrogen-bond donors (Lipinski definition) is 0. The van der Waals surface area contributed by atoms with Crippen LogP contribution in [0.4, 0.5) is 0 Å². The van der Waals surface area contributed by atoms with Gasteiger partial charge in [-0.2, -0.15) is 0 Å². The summed E-state index contributed by atoms with van der Waals surface area (Å²) in [5.41, 5.74) is -1.23. The molecule has 1 rings (SSSR count). The smallest absolute Gasteiger partial charge is 0.334 e. The van der Waals surface area contributed by atoms with Gasteiger partial charge in [-0.05, 0) is 33.3 Å². The zero-order valence-corrected chi connectivity index (χ0v) is 15.7. The number of carbonyl (C=O) groups is 3. The average molecular weight is 362 g/mol. The van der Waals surface area contributed by atoms with E-state index in [0.29, 0.717) is 5.56 Å². The highest BCUT2D eigenvalue weighted by atomic mass is 16.6. The predicted octanol–water partition coefficient (Wildman–Crippen LogP) is 3.02. The Balaban J connectivity index is 3.55. The fourth-order valence-corrected chi connectivity index (χ4v) is 2.75. The highest BCUT2D eigenvalue weighted by molar-refractivity contribution is 6.04. The Morgan fingerprint density at radius 3 is 1.81 bits per heavy atom. The van der Waals surface area contributed by atoms with E-state index in [9.17, 15) is 14.4 Å². The molecule has 0 radical (unpaired) electrons. The predicted molar refractivity (Wildman–Crippen MR) is 96.3 cm³/mol. The molecule has 0 aliphatic carbocycles. The summed E-state index contributed by atoms with van der Waals surface area (Å²) in [6.45, 7) is 10.5. The molecule has 1 atom stereocenters. The van der Waals surface area contributed by atoms with E-state index in [1.165, 1.54) is 6.92 Å². The molecule has 0 aliphatic rings. The van der Waals surface area contributed by atoms with Crippen molar-refractivity contribution in [1.29, 1.82) is 0 Å². The number of rotatable bonds is 9. The van der Waals surface area contributed by atoms with Crippen LogP contribution in [0, 0.1) is 5.41 Å². The van der Waals surface area contributed by atoms with Gasteiger partial charge >= 0.3 is 17.9 Å². The average Bonchev–Trinajstić information content (AvgIpc) is 2.63. The second kappa shape index (κ2) is 9.75. The first kappa shape index (κ1) is 21.4. The van der Waals surface area contributed by atoms with Crippen molar-refractivity contribution < 1.29 is 28.6 Å². The topological polar surface area (TPSA) is 78.9 Å². The van der Waals surface area contributed by atoms with E-state index >= 15 is 0 Å². The highest BCUT2D eigenvalue weighted by Crippen LogP contribution is 2.43. The molecule has 26 heavy (non-hydrogen) atoms. The summed E-state index contributed by atoms with van der Waals surface area (Å²) in [5.74, 6) is -3.22. The van der Waals surface area contributed by atoms with Gasteiger partial charge in [0.2, 0.25) is 0 Å². The molecule has 6 nitrogen and oxygen atoms in total. The van der Waals surface area contributed by atoms with Crippen molar-refractivity contribution in [2.45, 2.75) is 33.6 Å². The minimum atomic E-state index is -1.78. The van der Waals surface area contributed by atoms with Crippen LogP contribution in [0.1, 0.15) is 39.2 Å². The first-order chi connectivity index (χ1) is 12.3. The van der Waals surface area contributed by atoms with E-state index in [0.717, 1.165) is 0 Å². The molecule has 0 fully saturated rings. The van der Waals surface area contributed by atoms with Gasteiger partial charge in [0.05, 0.1) is 19.8 Å². The molecule has 1 aromatic rings. The molecule has 1 aromatic carbocycles. The fourth-order valence-electron chi connectivity index (χ4n) is 2.75. The Hall–Kier alpha value is -2.63. The van der Waals surface area contributed by atoms with Crippen LogP contribution in [0.2, 0.25) is 0 Å². The number of carbonyl (C=O) groups excluding carboxylic acids is 3. The van der Waals surface area contributed by atoms with Crippen molar-refractivity contribution in [1.82, 2.24) is 0 Å². The molecule has 0 heterocycles. The van der Waals surface area contributed by atoms with E-state index in [4.69, 9.17) is 14.2 Å². The standard InChI is InChI=1S/C20H26O6/c1-6-24-17(21)14(4)16(15-12-10-9-11-13-15)20(5,18(22)25-7-2)19(23)26-8-3/h9-13,16H,4,6-8H2,1-3,5H3. The van der Waals surface area contributed by atoms with Gasteiger partial charge in [0.15, 0.2) is 5.41 Å². The quantitative estimate of drug-likeness (QED) is 0.291. The number of ether oxygens (including phenoxy) is 3. The third-order valence-corrected chi connectivity index (χ3v) is 4.00. The second-order valence-electron chi connectivity index (χ2n) is 5.73. The van der Waals surface area contributed by atoms with Gasteiger partial charge in [-0.3, -0.25) is 9.59 Å². The largest absolute Gasteiger partial charge is 0.465 e. The van der Waals surface area contributed by atoms with Crippen LogP contribution in [0.5, 0.6) is 0 Å². The van der Waals surface area contributed by atoms with Crippen LogP contribution in [0.3, 0.4) is 0 Å². The van der Waals surface area contributed by atoms with Crippen molar-refractivity contribution in [3.05, 3.63) is 48.0 Å². The monoisotopic (exact) mass is 362 g/mol. The van der Waals surface area contributed by atoms with Crippen molar-refractivity contribution in [3.8, 4) is 0 Å². The summed E-state index contributed by atoms with van der Waals surface area (Å²) in [6, 6.07) is 8.71. The molecule has 142 valence electrons. The normalized spacial score (nSPS) is 12.0. The third kappa shape index (κ3) is 4.50. The van der Waals surface area contributed by atoms with Gasteiger partial charge in [0.25, 0.3) is 0 Å². The fraction of sp³-hybridized carbons (Fsp3) is 0.450. The maximum Gasteiger partial charge on any atom is 0.334 e. The highest BCUT2D eigenvalue weighted by Gasteiger charge is 2.53. The van der Waals surface area contributed by atoms with E-state index in [1.54, 1.807) is 51.1 Å². The molecule has 0 amide bonds. The van der Waals surface area contributed by atoms with Gasteiger partial charge in [-0.25, -0.2) is 4.79 Å². The molecule has 0 saturated heterocycles. The maximum atomic E-state index is 12.8. The van der Waals surface area contributed by atoms with Gasteiger partial charge < -0.3 is 14.2 Å². The van der Waals surface area contributed by atoms with Crippen molar-refractivity contribution in [2.24, 2.45) is 5.41 Å². The third-order valence-electron chi connectivity index (χ3n) is 4.00. The van der Waals surface area contributed by atoms with E-state index < -0.39 is 29.2 Å². The molecular weight excluding hydrogens is 336 g/mol. The van der Waals surface area contributed by atoms with Crippen LogP contribution >= 0.6 is 0 Å². The summed E-state index contributed by atoms with van der Waals surface area (Å²) in [7, 11) is 0. The van der Waals surface area contributed by atoms with Crippen LogP contribution in [0.15, 0.2) is 42.5 Å². The number of benzene rings is 1. The van der Waals surface area contributed by atoms with Crippen LogP contribution in [-0.2, 0) is 28.6 Å². The summed E-state index contributed by atoms with van der Waals surface area (Å²) < 4.78 is 15.3. The Labute approximate surface area is 154 Å². The Morgan fingerprint density at radius 2 is 1.38 bits per heavy atom. The van der Waals surface area contributed by atoms with E-state index in [-0.39, 0.29) is 25.4 Å². The molecule has 0 N–H and O–H groups in total. The molecule has 0 saturated carbocycles. The lowest BCUT2D eigenvalue weighted by molar-refractivity contribution is -0.172. The molecule has 0 spiro atoms. The van der Waals surface area contributed by atoms with E-state index in [2.05, 4.69) is 6.58 Å². The first-order valence-electron chi connectivity index (χ1n) is 8.59. The second-order valence-corrected chi connectivity index (χ2v) is 5.73. The van der Waals surface area contributed by atoms with Crippen LogP contribution in [-0.4, -0.2) is 37.7 Å². The van der Waals surface area contributed by atoms with Gasteiger partial charge in [-0.1, -0.05) is 36.9 Å². The molecule has 1 unspecified atom stereocenters. The van der Waals surface area contributed by atoms with Gasteiger partial charge in [0, 0.05) is 11.5 Å². The summed E-state index contributed by atoms with van der Waals surface area (Å²) in [6.07, 6.45) is 0. The van der Waals surface area contributed by atoms with Crippen molar-refractivity contribution in [3.63, 3.8) is 0 Å². The summed E-state index contributed by atoms with van der Waals surface area (Å²) >= 11 is 0. The maximum absolute atomic E-state index is 12.8. The first-order valence-corrected chi connectivity index (χ1v) is 8.59. The number of esters is 3. The lowest BCUT2D eigenvalue weighted by Crippen LogP contribution is -2.46. The minimum Gasteiger partial charge on any atom is -0.465 e. The summed E-state index contributed by atoms with van der Waals surface area (Å²) in [4.78, 5) is 37.9. The van der Waals surface area contributed by atoms with Crippen LogP contribution in [0.25, 0.3) is 0 Å². The summed E-state index contributed by atoms with van der Waals surface area (Å²) in [5, 5.41) is 0. The zero-order chi connectivity index (χ0) is 19.7. The molecule has 0 aliphatic heterocycles. The molecule has 0 aromatic heterocycles. The van der Waals surface area contributed by atoms with Crippen molar-refractivity contribution >= 4 is 17.9 Å². The lowest BCUT2D eigenvalue weighted by Gasteiger charge is -2.34. The lowest BCUT2D eigenvalue weighted by atomic mass is 9.69. The van der Waals surface area contributed by atoms with Crippen LogP contribution < -0.4 is 0 Å². The number of hydrogen-bond acceptors (Lipinski definition) is 6. The van der Waals surface area contributed by atoms with E-state index in [1.807, 2.05) is 0 Å². The Kier molecular flexibility index (Phi) is 8.03. The molecule has 0 bridgehead atoms. The van der Waals surface area contributed by atoms with Gasteiger partial charge in [-0.15, -0.1) is 0 Å².